The molecule has 0 saturated heterocycles. The van der Waals surface area contributed by atoms with Gasteiger partial charge in [-0.2, -0.15) is 17.9 Å². The van der Waals surface area contributed by atoms with E-state index < -0.39 is 50.4 Å². The second-order valence-electron chi connectivity index (χ2n) is 4.82. The highest BCUT2D eigenvalue weighted by molar-refractivity contribution is 7.89. The summed E-state index contributed by atoms with van der Waals surface area (Å²) >= 11 is 0. The molecule has 0 aliphatic rings. The molecule has 124 valence electrons. The second kappa shape index (κ2) is 6.21. The van der Waals surface area contributed by atoms with E-state index in [-0.39, 0.29) is 6.07 Å². The zero-order valence-corrected chi connectivity index (χ0v) is 12.3. The number of aliphatic carboxylic acids is 1. The van der Waals surface area contributed by atoms with Crippen LogP contribution in [0.3, 0.4) is 0 Å². The monoisotopic (exact) mass is 343 g/mol. The number of alkyl halides is 3. The first kappa shape index (κ1) is 18.4. The lowest BCUT2D eigenvalue weighted by Crippen LogP contribution is -2.44. The van der Waals surface area contributed by atoms with Crippen LogP contribution in [0.1, 0.15) is 19.4 Å². The quantitative estimate of drug-likeness (QED) is 0.803. The van der Waals surface area contributed by atoms with Crippen molar-refractivity contribution in [1.82, 2.24) is 4.72 Å². The predicted octanol–water partition coefficient (Wildman–Crippen LogP) is 2.23. The number of carbonyl (C=O) groups is 1. The van der Waals surface area contributed by atoms with E-state index in [1.807, 2.05) is 0 Å². The molecule has 5 nitrogen and oxygen atoms in total. The van der Waals surface area contributed by atoms with Crippen LogP contribution in [0.5, 0.6) is 0 Å². The summed E-state index contributed by atoms with van der Waals surface area (Å²) in [6.45, 7) is 2.85. The molecule has 1 aromatic carbocycles. The lowest BCUT2D eigenvalue weighted by molar-refractivity contribution is -0.141. The normalized spacial score (nSPS) is 14.1. The van der Waals surface area contributed by atoms with Gasteiger partial charge in [0.1, 0.15) is 11.9 Å². The Kier molecular flexibility index (Phi) is 5.18. The van der Waals surface area contributed by atoms with Crippen LogP contribution in [-0.2, 0) is 21.0 Å². The fraction of sp³-hybridized carbons (Fsp3) is 0.417. The van der Waals surface area contributed by atoms with Crippen LogP contribution in [0.4, 0.5) is 17.6 Å². The summed E-state index contributed by atoms with van der Waals surface area (Å²) in [5.41, 5.74) is -1.74. The third-order valence-corrected chi connectivity index (χ3v) is 4.21. The predicted molar refractivity (Wildman–Crippen MR) is 68.0 cm³/mol. The van der Waals surface area contributed by atoms with E-state index in [4.69, 9.17) is 5.11 Å². The van der Waals surface area contributed by atoms with Crippen LogP contribution in [0.15, 0.2) is 23.1 Å². The van der Waals surface area contributed by atoms with Gasteiger partial charge in [0, 0.05) is 0 Å². The maximum atomic E-state index is 13.1. The van der Waals surface area contributed by atoms with Crippen molar-refractivity contribution in [1.29, 1.82) is 0 Å². The molecule has 0 aliphatic heterocycles. The molecule has 0 unspecified atom stereocenters. The van der Waals surface area contributed by atoms with Gasteiger partial charge in [0.25, 0.3) is 0 Å². The van der Waals surface area contributed by atoms with Crippen LogP contribution in [0.2, 0.25) is 0 Å². The maximum Gasteiger partial charge on any atom is 0.419 e. The van der Waals surface area contributed by atoms with Crippen molar-refractivity contribution in [3.8, 4) is 0 Å². The number of nitrogens with one attached hydrogen (secondary N) is 1. The minimum atomic E-state index is -5.07. The number of sulfonamides is 1. The van der Waals surface area contributed by atoms with Crippen molar-refractivity contribution in [2.45, 2.75) is 31.0 Å². The highest BCUT2D eigenvalue weighted by Gasteiger charge is 2.36. The van der Waals surface area contributed by atoms with Gasteiger partial charge in [-0.05, 0) is 24.1 Å². The van der Waals surface area contributed by atoms with Gasteiger partial charge in [-0.15, -0.1) is 0 Å². The molecule has 22 heavy (non-hydrogen) atoms. The van der Waals surface area contributed by atoms with Crippen LogP contribution in [-0.4, -0.2) is 25.5 Å². The van der Waals surface area contributed by atoms with Gasteiger partial charge in [0.05, 0.1) is 10.5 Å². The van der Waals surface area contributed by atoms with E-state index >= 15 is 0 Å². The van der Waals surface area contributed by atoms with E-state index in [1.165, 1.54) is 13.8 Å². The van der Waals surface area contributed by atoms with Gasteiger partial charge in [0.15, 0.2) is 0 Å². The molecule has 0 fully saturated rings. The SMILES string of the molecule is CC(C)[C@H](NS(=O)(=O)c1ccc(F)c(C(F)(F)F)c1)C(=O)O. The Morgan fingerprint density at radius 3 is 2.23 bits per heavy atom. The summed E-state index contributed by atoms with van der Waals surface area (Å²) in [6.07, 6.45) is -5.07. The molecule has 0 bridgehead atoms. The van der Waals surface area contributed by atoms with Crippen molar-refractivity contribution < 1.29 is 35.9 Å². The van der Waals surface area contributed by atoms with E-state index in [2.05, 4.69) is 0 Å². The number of rotatable bonds is 5. The van der Waals surface area contributed by atoms with Crippen LogP contribution >= 0.6 is 0 Å². The second-order valence-corrected chi connectivity index (χ2v) is 6.53. The summed E-state index contributed by atoms with van der Waals surface area (Å²) in [6, 6.07) is -0.407. The average molecular weight is 343 g/mol. The lowest BCUT2D eigenvalue weighted by atomic mass is 10.1. The molecule has 0 saturated carbocycles. The molecule has 1 atom stereocenters. The summed E-state index contributed by atoms with van der Waals surface area (Å²) in [7, 11) is -4.55. The van der Waals surface area contributed by atoms with Crippen molar-refractivity contribution in [3.05, 3.63) is 29.6 Å². The zero-order valence-electron chi connectivity index (χ0n) is 11.5. The zero-order chi connectivity index (χ0) is 17.3. The van der Waals surface area contributed by atoms with E-state index in [0.717, 1.165) is 0 Å². The van der Waals surface area contributed by atoms with Crippen LogP contribution in [0, 0.1) is 11.7 Å². The number of carboxylic acid groups (broad SMARTS) is 1. The Balaban J connectivity index is 3.27. The van der Waals surface area contributed by atoms with Crippen molar-refractivity contribution in [2.75, 3.05) is 0 Å². The molecule has 0 heterocycles. The molecule has 1 rings (SSSR count). The van der Waals surface area contributed by atoms with E-state index in [0.29, 0.717) is 12.1 Å². The first-order chi connectivity index (χ1) is 9.86. The molecule has 0 aliphatic carbocycles. The Hall–Kier alpha value is -1.68. The lowest BCUT2D eigenvalue weighted by Gasteiger charge is -2.18. The number of hydrogen-bond donors (Lipinski definition) is 2. The largest absolute Gasteiger partial charge is 0.480 e. The third kappa shape index (κ3) is 4.17. The van der Waals surface area contributed by atoms with Gasteiger partial charge in [-0.1, -0.05) is 13.8 Å². The maximum absolute atomic E-state index is 13.1. The Morgan fingerprint density at radius 2 is 1.82 bits per heavy atom. The summed E-state index contributed by atoms with van der Waals surface area (Å²) in [5, 5.41) is 8.91. The van der Waals surface area contributed by atoms with Gasteiger partial charge in [0.2, 0.25) is 10.0 Å². The average Bonchev–Trinajstić information content (AvgIpc) is 2.34. The molecular weight excluding hydrogens is 330 g/mol. The number of carboxylic acids is 1. The van der Waals surface area contributed by atoms with E-state index in [1.54, 1.807) is 4.72 Å². The summed E-state index contributed by atoms with van der Waals surface area (Å²) in [5.74, 6) is -3.74. The Labute approximate surface area is 124 Å². The third-order valence-electron chi connectivity index (χ3n) is 2.77. The molecule has 1 aromatic rings. The van der Waals surface area contributed by atoms with Crippen molar-refractivity contribution in [2.24, 2.45) is 5.92 Å². The number of hydrogen-bond acceptors (Lipinski definition) is 3. The number of halogens is 4. The summed E-state index contributed by atoms with van der Waals surface area (Å²) in [4.78, 5) is 10.1. The molecule has 0 aromatic heterocycles. The van der Waals surface area contributed by atoms with Gasteiger partial charge >= 0.3 is 12.1 Å². The Bertz CT molecular complexity index is 670. The minimum absolute atomic E-state index is 0.122. The minimum Gasteiger partial charge on any atom is -0.480 e. The van der Waals surface area contributed by atoms with Gasteiger partial charge in [-0.25, -0.2) is 12.8 Å². The molecule has 2 N–H and O–H groups in total. The molecular formula is C12H13F4NO4S. The van der Waals surface area contributed by atoms with Crippen LogP contribution in [0.25, 0.3) is 0 Å². The highest BCUT2D eigenvalue weighted by atomic mass is 32.2. The fourth-order valence-electron chi connectivity index (χ4n) is 1.60. The standard InChI is InChI=1S/C12H13F4NO4S/c1-6(2)10(11(18)19)17-22(20,21)7-3-4-9(13)8(5-7)12(14,15)16/h3-6,10,17H,1-2H3,(H,18,19)/t10-/m0/s1. The van der Waals surface area contributed by atoms with Crippen molar-refractivity contribution >= 4 is 16.0 Å². The highest BCUT2D eigenvalue weighted by Crippen LogP contribution is 2.32. The molecule has 0 spiro atoms. The summed E-state index contributed by atoms with van der Waals surface area (Å²) < 4.78 is 76.6. The molecule has 10 heteroatoms. The first-order valence-corrected chi connectivity index (χ1v) is 7.46. The smallest absolute Gasteiger partial charge is 0.419 e. The molecule has 0 amide bonds. The van der Waals surface area contributed by atoms with Crippen LogP contribution < -0.4 is 4.72 Å². The first-order valence-electron chi connectivity index (χ1n) is 5.98. The van der Waals surface area contributed by atoms with Crippen molar-refractivity contribution in [3.63, 3.8) is 0 Å². The topological polar surface area (TPSA) is 83.5 Å². The molecule has 0 radical (unpaired) electrons. The van der Waals surface area contributed by atoms with E-state index in [9.17, 15) is 30.8 Å². The Morgan fingerprint density at radius 1 is 1.27 bits per heavy atom. The number of benzene rings is 1. The van der Waals surface area contributed by atoms with Gasteiger partial charge in [-0.3, -0.25) is 4.79 Å². The van der Waals surface area contributed by atoms with Gasteiger partial charge < -0.3 is 5.11 Å². The fourth-order valence-corrected chi connectivity index (χ4v) is 2.96.